The minimum Gasteiger partial charge on any atom is -0.356 e. The Balaban J connectivity index is 1.91. The van der Waals surface area contributed by atoms with Gasteiger partial charge in [0.1, 0.15) is 11.6 Å². The van der Waals surface area contributed by atoms with Gasteiger partial charge in [-0.15, -0.1) is 0 Å². The third-order valence-electron chi connectivity index (χ3n) is 3.43. The molecule has 0 N–H and O–H groups in total. The van der Waals surface area contributed by atoms with Gasteiger partial charge in [-0.05, 0) is 38.1 Å². The first-order valence-corrected chi connectivity index (χ1v) is 6.24. The highest BCUT2D eigenvalue weighted by molar-refractivity contribution is 5.39. The summed E-state index contributed by atoms with van der Waals surface area (Å²) in [7, 11) is 2.15. The topological polar surface area (TPSA) is 19.4 Å². The van der Waals surface area contributed by atoms with Crippen LogP contribution in [0.2, 0.25) is 0 Å². The standard InChI is InChI=1S/C13H20FN3/c1-3-16(2)9-11-6-7-17(10-11)13-5-4-12(14)8-15-13/h4-5,8,11H,3,6-7,9-10H2,1-2H3. The molecule has 1 unspecified atom stereocenters. The number of anilines is 1. The molecule has 0 radical (unpaired) electrons. The lowest BCUT2D eigenvalue weighted by Gasteiger charge is -2.20. The van der Waals surface area contributed by atoms with Gasteiger partial charge in [-0.2, -0.15) is 0 Å². The Kier molecular flexibility index (Phi) is 3.94. The van der Waals surface area contributed by atoms with E-state index in [1.54, 1.807) is 6.07 Å². The molecule has 0 bridgehead atoms. The molecule has 0 aliphatic carbocycles. The van der Waals surface area contributed by atoms with Gasteiger partial charge in [0, 0.05) is 19.6 Å². The molecule has 2 heterocycles. The number of aromatic nitrogens is 1. The van der Waals surface area contributed by atoms with E-state index >= 15 is 0 Å². The normalized spacial score (nSPS) is 20.2. The van der Waals surface area contributed by atoms with E-state index in [-0.39, 0.29) is 5.82 Å². The van der Waals surface area contributed by atoms with Crippen LogP contribution in [0.15, 0.2) is 18.3 Å². The van der Waals surface area contributed by atoms with Crippen molar-refractivity contribution >= 4 is 5.82 Å². The number of halogens is 1. The first-order valence-electron chi connectivity index (χ1n) is 6.24. The smallest absolute Gasteiger partial charge is 0.141 e. The van der Waals surface area contributed by atoms with E-state index in [1.165, 1.54) is 18.7 Å². The third kappa shape index (κ3) is 3.16. The quantitative estimate of drug-likeness (QED) is 0.798. The Morgan fingerprint density at radius 1 is 1.53 bits per heavy atom. The van der Waals surface area contributed by atoms with Crippen molar-refractivity contribution in [3.8, 4) is 0 Å². The van der Waals surface area contributed by atoms with E-state index in [0.29, 0.717) is 5.92 Å². The average molecular weight is 237 g/mol. The van der Waals surface area contributed by atoms with Gasteiger partial charge < -0.3 is 9.80 Å². The monoisotopic (exact) mass is 237 g/mol. The highest BCUT2D eigenvalue weighted by Gasteiger charge is 2.23. The molecule has 0 saturated carbocycles. The molecular weight excluding hydrogens is 217 g/mol. The van der Waals surface area contributed by atoms with Crippen molar-refractivity contribution in [3.63, 3.8) is 0 Å². The van der Waals surface area contributed by atoms with Crippen LogP contribution in [0.25, 0.3) is 0 Å². The second-order valence-electron chi connectivity index (χ2n) is 4.79. The Morgan fingerprint density at radius 3 is 3.00 bits per heavy atom. The largest absolute Gasteiger partial charge is 0.356 e. The molecule has 17 heavy (non-hydrogen) atoms. The van der Waals surface area contributed by atoms with Crippen molar-refractivity contribution in [3.05, 3.63) is 24.1 Å². The van der Waals surface area contributed by atoms with Crippen molar-refractivity contribution in [2.45, 2.75) is 13.3 Å². The summed E-state index contributed by atoms with van der Waals surface area (Å²) in [5.74, 6) is 1.33. The fraction of sp³-hybridized carbons (Fsp3) is 0.615. The van der Waals surface area contributed by atoms with E-state index in [1.807, 2.05) is 0 Å². The molecule has 1 aliphatic rings. The number of pyridine rings is 1. The predicted molar refractivity (Wildman–Crippen MR) is 67.7 cm³/mol. The molecular formula is C13H20FN3. The molecule has 94 valence electrons. The second-order valence-corrected chi connectivity index (χ2v) is 4.79. The van der Waals surface area contributed by atoms with Gasteiger partial charge in [-0.1, -0.05) is 6.92 Å². The number of hydrogen-bond acceptors (Lipinski definition) is 3. The van der Waals surface area contributed by atoms with Crippen LogP contribution < -0.4 is 4.90 Å². The maximum atomic E-state index is 12.8. The first kappa shape index (κ1) is 12.3. The summed E-state index contributed by atoms with van der Waals surface area (Å²) in [5, 5.41) is 0. The summed E-state index contributed by atoms with van der Waals surface area (Å²) in [6.07, 6.45) is 2.49. The molecule has 0 spiro atoms. The van der Waals surface area contributed by atoms with Crippen molar-refractivity contribution in [1.82, 2.24) is 9.88 Å². The summed E-state index contributed by atoms with van der Waals surface area (Å²) >= 11 is 0. The molecule has 2 rings (SSSR count). The van der Waals surface area contributed by atoms with E-state index in [2.05, 4.69) is 28.8 Å². The first-order chi connectivity index (χ1) is 8.19. The predicted octanol–water partition coefficient (Wildman–Crippen LogP) is 2.00. The van der Waals surface area contributed by atoms with Gasteiger partial charge in [0.2, 0.25) is 0 Å². The van der Waals surface area contributed by atoms with E-state index in [9.17, 15) is 4.39 Å². The molecule has 1 aromatic heterocycles. The minimum atomic E-state index is -0.268. The van der Waals surface area contributed by atoms with Gasteiger partial charge in [-0.3, -0.25) is 0 Å². The maximum absolute atomic E-state index is 12.8. The Morgan fingerprint density at radius 2 is 2.35 bits per heavy atom. The highest BCUT2D eigenvalue weighted by Crippen LogP contribution is 2.22. The molecule has 1 atom stereocenters. The summed E-state index contributed by atoms with van der Waals surface area (Å²) in [6.45, 7) is 6.46. The zero-order valence-corrected chi connectivity index (χ0v) is 10.6. The molecule has 4 heteroatoms. The molecule has 1 fully saturated rings. The van der Waals surface area contributed by atoms with Crippen molar-refractivity contribution in [2.24, 2.45) is 5.92 Å². The van der Waals surface area contributed by atoms with Crippen LogP contribution in [-0.4, -0.2) is 43.1 Å². The zero-order chi connectivity index (χ0) is 12.3. The molecule has 1 saturated heterocycles. The number of hydrogen-bond donors (Lipinski definition) is 0. The fourth-order valence-corrected chi connectivity index (χ4v) is 2.31. The van der Waals surface area contributed by atoms with Crippen LogP contribution in [0.3, 0.4) is 0 Å². The number of rotatable bonds is 4. The second kappa shape index (κ2) is 5.45. The Bertz CT molecular complexity index is 352. The van der Waals surface area contributed by atoms with Crippen LogP contribution in [0.4, 0.5) is 10.2 Å². The van der Waals surface area contributed by atoms with Gasteiger partial charge in [0.25, 0.3) is 0 Å². The lowest BCUT2D eigenvalue weighted by molar-refractivity contribution is 0.300. The van der Waals surface area contributed by atoms with Crippen LogP contribution in [0.5, 0.6) is 0 Å². The zero-order valence-electron chi connectivity index (χ0n) is 10.6. The Labute approximate surface area is 102 Å². The molecule has 0 amide bonds. The van der Waals surface area contributed by atoms with Gasteiger partial charge in [0.15, 0.2) is 0 Å². The lowest BCUT2D eigenvalue weighted by Crippen LogP contribution is -2.28. The van der Waals surface area contributed by atoms with E-state index in [0.717, 1.165) is 32.0 Å². The third-order valence-corrected chi connectivity index (χ3v) is 3.43. The fourth-order valence-electron chi connectivity index (χ4n) is 2.31. The Hall–Kier alpha value is -1.16. The SMILES string of the molecule is CCN(C)CC1CCN(c2ccc(F)cn2)C1. The molecule has 3 nitrogen and oxygen atoms in total. The lowest BCUT2D eigenvalue weighted by atomic mass is 10.1. The van der Waals surface area contributed by atoms with Crippen LogP contribution in [0.1, 0.15) is 13.3 Å². The van der Waals surface area contributed by atoms with Gasteiger partial charge in [-0.25, -0.2) is 9.37 Å². The van der Waals surface area contributed by atoms with Crippen LogP contribution >= 0.6 is 0 Å². The molecule has 0 aromatic carbocycles. The molecule has 1 aliphatic heterocycles. The highest BCUT2D eigenvalue weighted by atomic mass is 19.1. The van der Waals surface area contributed by atoms with E-state index < -0.39 is 0 Å². The van der Waals surface area contributed by atoms with Gasteiger partial charge in [0.05, 0.1) is 6.20 Å². The van der Waals surface area contributed by atoms with E-state index in [4.69, 9.17) is 0 Å². The van der Waals surface area contributed by atoms with Crippen LogP contribution in [-0.2, 0) is 0 Å². The number of nitrogens with zero attached hydrogens (tertiary/aromatic N) is 3. The average Bonchev–Trinajstić information content (AvgIpc) is 2.78. The molecule has 1 aromatic rings. The van der Waals surface area contributed by atoms with Crippen molar-refractivity contribution in [1.29, 1.82) is 0 Å². The summed E-state index contributed by atoms with van der Waals surface area (Å²) in [5.41, 5.74) is 0. The maximum Gasteiger partial charge on any atom is 0.141 e. The summed E-state index contributed by atoms with van der Waals surface area (Å²) in [6, 6.07) is 3.25. The summed E-state index contributed by atoms with van der Waals surface area (Å²) in [4.78, 5) is 8.71. The van der Waals surface area contributed by atoms with Crippen molar-refractivity contribution < 1.29 is 4.39 Å². The summed E-state index contributed by atoms with van der Waals surface area (Å²) < 4.78 is 12.8. The van der Waals surface area contributed by atoms with Crippen LogP contribution in [0, 0.1) is 11.7 Å². The minimum absolute atomic E-state index is 0.268. The van der Waals surface area contributed by atoms with Crippen molar-refractivity contribution in [2.75, 3.05) is 38.1 Å². The van der Waals surface area contributed by atoms with Gasteiger partial charge >= 0.3 is 0 Å².